The van der Waals surface area contributed by atoms with Gasteiger partial charge in [0.15, 0.2) is 0 Å². The lowest BCUT2D eigenvalue weighted by Gasteiger charge is -2.28. The summed E-state index contributed by atoms with van der Waals surface area (Å²) in [5.41, 5.74) is -0.410. The zero-order chi connectivity index (χ0) is 15.2. The highest BCUT2D eigenvalue weighted by Gasteiger charge is 2.24. The van der Waals surface area contributed by atoms with Gasteiger partial charge in [-0.05, 0) is 19.4 Å². The molecule has 112 valence electrons. The van der Waals surface area contributed by atoms with E-state index in [0.717, 1.165) is 6.42 Å². The van der Waals surface area contributed by atoms with Crippen molar-refractivity contribution in [3.63, 3.8) is 0 Å². The number of anilines is 1. The van der Waals surface area contributed by atoms with Crippen molar-refractivity contribution < 1.29 is 19.0 Å². The molecule has 0 bridgehead atoms. The number of carbonyl (C=O) groups is 1. The highest BCUT2D eigenvalue weighted by molar-refractivity contribution is 5.90. The van der Waals surface area contributed by atoms with Crippen LogP contribution in [0.3, 0.4) is 0 Å². The van der Waals surface area contributed by atoms with Crippen molar-refractivity contribution in [3.8, 4) is 5.75 Å². The Balaban J connectivity index is 2.73. The van der Waals surface area contributed by atoms with E-state index in [1.165, 1.54) is 25.3 Å². The maximum absolute atomic E-state index is 13.3. The van der Waals surface area contributed by atoms with Crippen LogP contribution in [0.4, 0.5) is 14.9 Å². The van der Waals surface area contributed by atoms with E-state index < -0.39 is 17.4 Å². The Hall–Kier alpha value is -1.82. The normalized spacial score (nSPS) is 13.4. The van der Waals surface area contributed by atoms with Crippen LogP contribution in [-0.4, -0.2) is 30.4 Å². The Morgan fingerprint density at radius 2 is 2.15 bits per heavy atom. The van der Waals surface area contributed by atoms with Gasteiger partial charge in [-0.3, -0.25) is 0 Å². The molecule has 1 aromatic carbocycles. The highest BCUT2D eigenvalue weighted by Crippen LogP contribution is 2.20. The summed E-state index contributed by atoms with van der Waals surface area (Å²) < 4.78 is 18.2. The summed E-state index contributed by atoms with van der Waals surface area (Å²) >= 11 is 0. The van der Waals surface area contributed by atoms with Crippen LogP contribution in [0.2, 0.25) is 0 Å². The molecule has 1 atom stereocenters. The van der Waals surface area contributed by atoms with Crippen molar-refractivity contribution in [2.45, 2.75) is 32.2 Å². The molecular formula is C14H21FN2O3. The van der Waals surface area contributed by atoms with Gasteiger partial charge in [-0.1, -0.05) is 13.3 Å². The molecule has 0 aliphatic rings. The monoisotopic (exact) mass is 284 g/mol. The topological polar surface area (TPSA) is 70.6 Å². The number of nitrogens with one attached hydrogen (secondary N) is 2. The maximum Gasteiger partial charge on any atom is 0.319 e. The molecule has 0 saturated heterocycles. The van der Waals surface area contributed by atoms with Gasteiger partial charge < -0.3 is 20.5 Å². The first-order valence-electron chi connectivity index (χ1n) is 6.47. The van der Waals surface area contributed by atoms with Crippen molar-refractivity contribution in [1.82, 2.24) is 5.32 Å². The van der Waals surface area contributed by atoms with E-state index in [0.29, 0.717) is 12.2 Å². The Kier molecular flexibility index (Phi) is 5.76. The molecule has 5 nitrogen and oxygen atoms in total. The molecule has 0 fully saturated rings. The summed E-state index contributed by atoms with van der Waals surface area (Å²) in [5, 5.41) is 14.5. The number of aliphatic hydroxyl groups is 1. The van der Waals surface area contributed by atoms with Gasteiger partial charge in [0.2, 0.25) is 0 Å². The Morgan fingerprint density at radius 3 is 2.70 bits per heavy atom. The van der Waals surface area contributed by atoms with Crippen LogP contribution < -0.4 is 15.4 Å². The maximum atomic E-state index is 13.3. The average molecular weight is 284 g/mol. The van der Waals surface area contributed by atoms with E-state index in [4.69, 9.17) is 4.74 Å². The minimum Gasteiger partial charge on any atom is -0.497 e. The van der Waals surface area contributed by atoms with Gasteiger partial charge in [0.25, 0.3) is 0 Å². The van der Waals surface area contributed by atoms with Crippen molar-refractivity contribution in [3.05, 3.63) is 24.0 Å². The third-order valence-corrected chi connectivity index (χ3v) is 2.93. The van der Waals surface area contributed by atoms with E-state index in [9.17, 15) is 14.3 Å². The van der Waals surface area contributed by atoms with Gasteiger partial charge in [-0.2, -0.15) is 0 Å². The van der Waals surface area contributed by atoms with Gasteiger partial charge in [-0.15, -0.1) is 0 Å². The second kappa shape index (κ2) is 7.09. The van der Waals surface area contributed by atoms with Gasteiger partial charge in [0.05, 0.1) is 19.3 Å². The van der Waals surface area contributed by atoms with Crippen molar-refractivity contribution in [1.29, 1.82) is 0 Å². The summed E-state index contributed by atoms with van der Waals surface area (Å²) in [7, 11) is 1.42. The number of ether oxygens (including phenoxy) is 1. The minimum atomic E-state index is -0.698. The quantitative estimate of drug-likeness (QED) is 0.751. The minimum absolute atomic E-state index is 0.166. The molecule has 0 heterocycles. The second-order valence-corrected chi connectivity index (χ2v) is 4.93. The zero-order valence-electron chi connectivity index (χ0n) is 12.0. The van der Waals surface area contributed by atoms with Crippen LogP contribution in [0.25, 0.3) is 0 Å². The number of benzene rings is 1. The van der Waals surface area contributed by atoms with E-state index in [2.05, 4.69) is 10.6 Å². The van der Waals surface area contributed by atoms with Crippen molar-refractivity contribution >= 4 is 11.7 Å². The largest absolute Gasteiger partial charge is 0.497 e. The van der Waals surface area contributed by atoms with Crippen LogP contribution in [0.1, 0.15) is 26.7 Å². The number of amides is 2. The predicted molar refractivity (Wildman–Crippen MR) is 75.5 cm³/mol. The lowest BCUT2D eigenvalue weighted by Crippen LogP contribution is -2.50. The van der Waals surface area contributed by atoms with Crippen molar-refractivity contribution in [2.24, 2.45) is 0 Å². The molecule has 20 heavy (non-hydrogen) atoms. The Morgan fingerprint density at radius 1 is 1.45 bits per heavy atom. The molecule has 0 aliphatic heterocycles. The van der Waals surface area contributed by atoms with Crippen LogP contribution in [0.15, 0.2) is 18.2 Å². The van der Waals surface area contributed by atoms with Crippen LogP contribution in [0, 0.1) is 5.82 Å². The molecule has 0 radical (unpaired) electrons. The van der Waals surface area contributed by atoms with Gasteiger partial charge in [0.1, 0.15) is 11.6 Å². The standard InChI is InChI=1S/C14H21FN2O3/c1-4-5-14(2,9-18)17-13(19)16-11-6-10(15)7-12(8-11)20-3/h6-8,18H,4-5,9H2,1-3H3,(H2,16,17,19). The van der Waals surface area contributed by atoms with E-state index >= 15 is 0 Å². The molecule has 1 unspecified atom stereocenters. The summed E-state index contributed by atoms with van der Waals surface area (Å²) in [4.78, 5) is 11.9. The number of carbonyl (C=O) groups excluding carboxylic acids is 1. The average Bonchev–Trinajstić information content (AvgIpc) is 2.37. The first-order valence-corrected chi connectivity index (χ1v) is 6.47. The van der Waals surface area contributed by atoms with Gasteiger partial charge in [0, 0.05) is 17.8 Å². The van der Waals surface area contributed by atoms with E-state index in [1.807, 2.05) is 6.92 Å². The fraction of sp³-hybridized carbons (Fsp3) is 0.500. The molecule has 0 spiro atoms. The molecule has 3 N–H and O–H groups in total. The first-order chi connectivity index (χ1) is 9.42. The molecule has 0 saturated carbocycles. The third-order valence-electron chi connectivity index (χ3n) is 2.93. The summed E-state index contributed by atoms with van der Waals surface area (Å²) in [6.07, 6.45) is 1.47. The Labute approximate surface area is 118 Å². The summed E-state index contributed by atoms with van der Waals surface area (Å²) in [6, 6.07) is 3.43. The lowest BCUT2D eigenvalue weighted by molar-refractivity contribution is 0.167. The molecule has 1 rings (SSSR count). The highest BCUT2D eigenvalue weighted by atomic mass is 19.1. The van der Waals surface area contributed by atoms with Crippen LogP contribution in [-0.2, 0) is 0 Å². The first kappa shape index (κ1) is 16.2. The summed E-state index contributed by atoms with van der Waals surface area (Å²) in [5.74, 6) is -0.183. The summed E-state index contributed by atoms with van der Waals surface area (Å²) in [6.45, 7) is 3.55. The van der Waals surface area contributed by atoms with E-state index in [1.54, 1.807) is 6.92 Å². The number of urea groups is 1. The van der Waals surface area contributed by atoms with Crippen LogP contribution in [0.5, 0.6) is 5.75 Å². The van der Waals surface area contributed by atoms with Gasteiger partial charge in [-0.25, -0.2) is 9.18 Å². The number of hydrogen-bond acceptors (Lipinski definition) is 3. The SMILES string of the molecule is CCCC(C)(CO)NC(=O)Nc1cc(F)cc(OC)c1. The fourth-order valence-corrected chi connectivity index (χ4v) is 1.92. The molecule has 0 aromatic heterocycles. The third kappa shape index (κ3) is 4.70. The molecule has 1 aromatic rings. The number of methoxy groups -OCH3 is 1. The van der Waals surface area contributed by atoms with Gasteiger partial charge >= 0.3 is 6.03 Å². The molecular weight excluding hydrogens is 263 g/mol. The predicted octanol–water partition coefficient (Wildman–Crippen LogP) is 2.51. The lowest BCUT2D eigenvalue weighted by atomic mass is 9.98. The fourth-order valence-electron chi connectivity index (χ4n) is 1.92. The zero-order valence-corrected chi connectivity index (χ0v) is 12.0. The Bertz CT molecular complexity index is 468. The molecule has 2 amide bonds. The molecule has 0 aliphatic carbocycles. The number of aliphatic hydroxyl groups excluding tert-OH is 1. The van der Waals surface area contributed by atoms with Crippen LogP contribution >= 0.6 is 0 Å². The smallest absolute Gasteiger partial charge is 0.319 e. The van der Waals surface area contributed by atoms with Crippen molar-refractivity contribution in [2.75, 3.05) is 19.0 Å². The second-order valence-electron chi connectivity index (χ2n) is 4.93. The number of hydrogen-bond donors (Lipinski definition) is 3. The number of rotatable bonds is 6. The molecule has 6 heteroatoms. The number of halogens is 1. The van der Waals surface area contributed by atoms with E-state index in [-0.39, 0.29) is 12.3 Å².